The average Bonchev–Trinajstić information content (AvgIpc) is 2.72. The number of nitriles is 1. The maximum absolute atomic E-state index is 9.06. The molecule has 0 bridgehead atoms. The highest BCUT2D eigenvalue weighted by Gasteiger charge is 2.21. The Bertz CT molecular complexity index is 377. The van der Waals surface area contributed by atoms with Crippen molar-refractivity contribution in [3.05, 3.63) is 18.0 Å². The van der Waals surface area contributed by atoms with Crippen LogP contribution in [0.25, 0.3) is 0 Å². The lowest BCUT2D eigenvalue weighted by atomic mass is 10.0. The van der Waals surface area contributed by atoms with Crippen molar-refractivity contribution in [2.75, 3.05) is 13.1 Å². The molecule has 1 fully saturated rings. The van der Waals surface area contributed by atoms with Gasteiger partial charge in [0.25, 0.3) is 0 Å². The third kappa shape index (κ3) is 2.42. The Labute approximate surface area is 96.5 Å². The molecule has 2 rings (SSSR count). The normalized spacial score (nSPS) is 21.9. The van der Waals surface area contributed by atoms with Crippen molar-refractivity contribution in [3.8, 4) is 6.07 Å². The first kappa shape index (κ1) is 11.2. The van der Waals surface area contributed by atoms with Gasteiger partial charge in [-0.2, -0.15) is 10.4 Å². The molecule has 0 aromatic carbocycles. The zero-order valence-electron chi connectivity index (χ0n) is 9.76. The highest BCUT2D eigenvalue weighted by Crippen LogP contribution is 2.16. The number of hydrogen-bond donors (Lipinski definition) is 0. The second-order valence-electron chi connectivity index (χ2n) is 4.37. The summed E-state index contributed by atoms with van der Waals surface area (Å²) in [6.07, 6.45) is 6.26. The van der Waals surface area contributed by atoms with Gasteiger partial charge in [-0.15, -0.1) is 0 Å². The van der Waals surface area contributed by atoms with Gasteiger partial charge in [-0.25, -0.2) is 0 Å². The van der Waals surface area contributed by atoms with Crippen LogP contribution >= 0.6 is 0 Å². The van der Waals surface area contributed by atoms with Crippen LogP contribution in [0.3, 0.4) is 0 Å². The van der Waals surface area contributed by atoms with E-state index in [0.29, 0.717) is 0 Å². The molecule has 0 N–H and O–H groups in total. The molecule has 16 heavy (non-hydrogen) atoms. The molecule has 0 saturated carbocycles. The largest absolute Gasteiger partial charge is 0.288 e. The lowest BCUT2D eigenvalue weighted by Gasteiger charge is -2.31. The van der Waals surface area contributed by atoms with Crippen molar-refractivity contribution in [2.24, 2.45) is 7.05 Å². The van der Waals surface area contributed by atoms with Crippen molar-refractivity contribution < 1.29 is 0 Å². The first-order valence-electron chi connectivity index (χ1n) is 5.92. The Morgan fingerprint density at radius 1 is 1.56 bits per heavy atom. The van der Waals surface area contributed by atoms with Crippen molar-refractivity contribution in [1.82, 2.24) is 14.7 Å². The van der Waals surface area contributed by atoms with E-state index in [2.05, 4.69) is 16.1 Å². The fourth-order valence-electron chi connectivity index (χ4n) is 2.31. The Balaban J connectivity index is 1.89. The van der Waals surface area contributed by atoms with Crippen LogP contribution in [0.5, 0.6) is 0 Å². The molecule has 0 amide bonds. The molecule has 1 aromatic rings. The monoisotopic (exact) mass is 218 g/mol. The molecule has 0 radical (unpaired) electrons. The summed E-state index contributed by atoms with van der Waals surface area (Å²) in [7, 11) is 1.97. The summed E-state index contributed by atoms with van der Waals surface area (Å²) in [6.45, 7) is 2.04. The Hall–Kier alpha value is -1.34. The van der Waals surface area contributed by atoms with Crippen molar-refractivity contribution in [1.29, 1.82) is 5.26 Å². The molecule has 0 aliphatic carbocycles. The zero-order valence-corrected chi connectivity index (χ0v) is 9.76. The molecule has 1 aliphatic rings. The number of likely N-dealkylation sites (tertiary alicyclic amines) is 1. The van der Waals surface area contributed by atoms with E-state index >= 15 is 0 Å². The van der Waals surface area contributed by atoms with Gasteiger partial charge in [-0.05, 0) is 31.9 Å². The maximum Gasteiger partial charge on any atom is 0.0978 e. The van der Waals surface area contributed by atoms with E-state index in [9.17, 15) is 0 Å². The summed E-state index contributed by atoms with van der Waals surface area (Å²) in [4.78, 5) is 2.30. The Morgan fingerprint density at radius 2 is 2.44 bits per heavy atom. The predicted molar refractivity (Wildman–Crippen MR) is 61.7 cm³/mol. The number of hydrogen-bond acceptors (Lipinski definition) is 3. The van der Waals surface area contributed by atoms with Gasteiger partial charge in [0.15, 0.2) is 0 Å². The third-order valence-corrected chi connectivity index (χ3v) is 3.34. The van der Waals surface area contributed by atoms with E-state index in [1.807, 2.05) is 24.0 Å². The molecule has 1 aromatic heterocycles. The summed E-state index contributed by atoms with van der Waals surface area (Å²) in [5, 5.41) is 13.2. The van der Waals surface area contributed by atoms with E-state index in [0.717, 1.165) is 25.9 Å². The first-order chi connectivity index (χ1) is 7.81. The van der Waals surface area contributed by atoms with Crippen LogP contribution in [-0.2, 0) is 13.5 Å². The van der Waals surface area contributed by atoms with Crippen molar-refractivity contribution in [2.45, 2.75) is 31.7 Å². The summed E-state index contributed by atoms with van der Waals surface area (Å²) in [5.74, 6) is 0. The van der Waals surface area contributed by atoms with Gasteiger partial charge in [0.05, 0.1) is 12.1 Å². The van der Waals surface area contributed by atoms with Gasteiger partial charge in [-0.1, -0.05) is 0 Å². The summed E-state index contributed by atoms with van der Waals surface area (Å²) < 4.78 is 1.91. The first-order valence-corrected chi connectivity index (χ1v) is 5.92. The molecule has 1 aliphatic heterocycles. The van der Waals surface area contributed by atoms with Gasteiger partial charge in [0.2, 0.25) is 0 Å². The van der Waals surface area contributed by atoms with E-state index in [-0.39, 0.29) is 6.04 Å². The van der Waals surface area contributed by atoms with Crippen LogP contribution in [0, 0.1) is 11.3 Å². The minimum Gasteiger partial charge on any atom is -0.288 e. The quantitative estimate of drug-likeness (QED) is 0.769. The number of nitrogens with zero attached hydrogens (tertiary/aromatic N) is 4. The van der Waals surface area contributed by atoms with Gasteiger partial charge >= 0.3 is 0 Å². The lowest BCUT2D eigenvalue weighted by molar-refractivity contribution is 0.186. The number of aromatic nitrogens is 2. The van der Waals surface area contributed by atoms with Crippen molar-refractivity contribution >= 4 is 0 Å². The highest BCUT2D eigenvalue weighted by atomic mass is 15.3. The molecular formula is C12H18N4. The molecule has 4 nitrogen and oxygen atoms in total. The van der Waals surface area contributed by atoms with Crippen LogP contribution in [-0.4, -0.2) is 33.8 Å². The van der Waals surface area contributed by atoms with Crippen LogP contribution in [0.15, 0.2) is 12.3 Å². The number of rotatable bonds is 3. The molecule has 4 heteroatoms. The predicted octanol–water partition coefficient (Wildman–Crippen LogP) is 1.34. The van der Waals surface area contributed by atoms with Crippen LogP contribution in [0.1, 0.15) is 25.0 Å². The summed E-state index contributed by atoms with van der Waals surface area (Å²) >= 11 is 0. The third-order valence-electron chi connectivity index (χ3n) is 3.34. The molecule has 0 spiro atoms. The molecule has 1 atom stereocenters. The number of piperidine rings is 1. The molecule has 1 saturated heterocycles. The SMILES string of the molecule is Cn1nccc1CCN1CCCCC1C#N. The Kier molecular flexibility index (Phi) is 3.58. The van der Waals surface area contributed by atoms with Gasteiger partial charge in [-0.3, -0.25) is 9.58 Å². The smallest absolute Gasteiger partial charge is 0.0978 e. The highest BCUT2D eigenvalue weighted by molar-refractivity contribution is 5.02. The van der Waals surface area contributed by atoms with E-state index in [4.69, 9.17) is 5.26 Å². The standard InChI is InChI=1S/C12H18N4/c1-15-11(5-7-14-15)6-9-16-8-3-2-4-12(16)10-13/h5,7,12H,2-4,6,8-9H2,1H3. The van der Waals surface area contributed by atoms with E-state index in [1.54, 1.807) is 0 Å². The maximum atomic E-state index is 9.06. The lowest BCUT2D eigenvalue weighted by Crippen LogP contribution is -2.39. The van der Waals surface area contributed by atoms with E-state index in [1.165, 1.54) is 18.5 Å². The molecule has 86 valence electrons. The molecular weight excluding hydrogens is 200 g/mol. The fourth-order valence-corrected chi connectivity index (χ4v) is 2.31. The second-order valence-corrected chi connectivity index (χ2v) is 4.37. The Morgan fingerprint density at radius 3 is 3.12 bits per heavy atom. The van der Waals surface area contributed by atoms with E-state index < -0.39 is 0 Å². The summed E-state index contributed by atoms with van der Waals surface area (Å²) in [6, 6.07) is 4.58. The van der Waals surface area contributed by atoms with Crippen LogP contribution in [0.4, 0.5) is 0 Å². The van der Waals surface area contributed by atoms with Crippen molar-refractivity contribution in [3.63, 3.8) is 0 Å². The second kappa shape index (κ2) is 5.13. The van der Waals surface area contributed by atoms with Crippen LogP contribution < -0.4 is 0 Å². The zero-order chi connectivity index (χ0) is 11.4. The van der Waals surface area contributed by atoms with Crippen LogP contribution in [0.2, 0.25) is 0 Å². The van der Waals surface area contributed by atoms with Gasteiger partial charge in [0.1, 0.15) is 0 Å². The summed E-state index contributed by atoms with van der Waals surface area (Å²) in [5.41, 5.74) is 1.24. The topological polar surface area (TPSA) is 44.9 Å². The minimum atomic E-state index is 0.127. The van der Waals surface area contributed by atoms with Gasteiger partial charge in [0, 0.05) is 31.9 Å². The average molecular weight is 218 g/mol. The number of aryl methyl sites for hydroxylation is 1. The molecule has 1 unspecified atom stereocenters. The van der Waals surface area contributed by atoms with Gasteiger partial charge < -0.3 is 0 Å². The molecule has 2 heterocycles. The fraction of sp³-hybridized carbons (Fsp3) is 0.667. The minimum absolute atomic E-state index is 0.127.